The Morgan fingerprint density at radius 2 is 2.15 bits per heavy atom. The van der Waals surface area contributed by atoms with E-state index in [0.29, 0.717) is 12.8 Å². The summed E-state index contributed by atoms with van der Waals surface area (Å²) >= 11 is 0. The van der Waals surface area contributed by atoms with E-state index in [9.17, 15) is 15.0 Å². The van der Waals surface area contributed by atoms with Crippen molar-refractivity contribution in [3.05, 3.63) is 24.0 Å². The molecule has 13 heavy (non-hydrogen) atoms. The summed E-state index contributed by atoms with van der Waals surface area (Å²) in [5.41, 5.74) is -0.175. The second kappa shape index (κ2) is 3.32. The van der Waals surface area contributed by atoms with Crippen molar-refractivity contribution in [1.29, 1.82) is 0 Å². The minimum Gasteiger partial charge on any atom is -0.507 e. The largest absolute Gasteiger partial charge is 0.507 e. The lowest BCUT2D eigenvalue weighted by Gasteiger charge is -2.24. The first kappa shape index (κ1) is 9.95. The van der Waals surface area contributed by atoms with Gasteiger partial charge in [-0.25, -0.2) is 0 Å². The fourth-order valence-corrected chi connectivity index (χ4v) is 1.25. The summed E-state index contributed by atoms with van der Waals surface area (Å²) in [6.07, 6.45) is 3.02. The molecule has 0 atom stereocenters. The quantitative estimate of drug-likeness (QED) is 0.429. The van der Waals surface area contributed by atoms with Gasteiger partial charge < -0.3 is 15.3 Å². The number of carbonyl (C=O) groups is 1. The molecule has 0 aromatic carbocycles. The molecule has 0 aliphatic heterocycles. The Morgan fingerprint density at radius 3 is 2.62 bits per heavy atom. The van der Waals surface area contributed by atoms with Gasteiger partial charge >= 0.3 is 0 Å². The SMILES string of the molecule is C=C(O)C(O)(O)C1=CCCCC1=O. The van der Waals surface area contributed by atoms with E-state index in [1.807, 2.05) is 0 Å². The number of hydrogen-bond acceptors (Lipinski definition) is 4. The number of hydrogen-bond donors (Lipinski definition) is 3. The van der Waals surface area contributed by atoms with Crippen molar-refractivity contribution in [1.82, 2.24) is 0 Å². The van der Waals surface area contributed by atoms with Gasteiger partial charge in [-0.05, 0) is 12.8 Å². The van der Waals surface area contributed by atoms with Gasteiger partial charge in [-0.15, -0.1) is 0 Å². The van der Waals surface area contributed by atoms with Crippen molar-refractivity contribution >= 4 is 5.78 Å². The van der Waals surface area contributed by atoms with Gasteiger partial charge in [0.05, 0.1) is 5.57 Å². The standard InChI is InChI=1S/C9H12O4/c1-6(10)9(12,13)7-4-2-3-5-8(7)11/h4,10,12-13H,1-3,5H2. The van der Waals surface area contributed by atoms with Crippen LogP contribution in [0.25, 0.3) is 0 Å². The lowest BCUT2D eigenvalue weighted by atomic mass is 9.91. The number of ketones is 1. The molecule has 4 nitrogen and oxygen atoms in total. The molecule has 4 heteroatoms. The second-order valence-corrected chi connectivity index (χ2v) is 3.05. The predicted molar refractivity (Wildman–Crippen MR) is 45.9 cm³/mol. The molecule has 1 aliphatic carbocycles. The van der Waals surface area contributed by atoms with Crippen LogP contribution in [0, 0.1) is 0 Å². The Bertz CT molecular complexity index is 275. The third-order valence-corrected chi connectivity index (χ3v) is 2.03. The zero-order valence-corrected chi connectivity index (χ0v) is 7.16. The maximum absolute atomic E-state index is 11.2. The Hall–Kier alpha value is -1.13. The summed E-state index contributed by atoms with van der Waals surface area (Å²) in [5, 5.41) is 27.5. The van der Waals surface area contributed by atoms with E-state index >= 15 is 0 Å². The molecule has 1 aliphatic rings. The molecule has 0 aromatic heterocycles. The van der Waals surface area contributed by atoms with Crippen LogP contribution in [0.3, 0.4) is 0 Å². The molecule has 0 aromatic rings. The van der Waals surface area contributed by atoms with E-state index in [-0.39, 0.29) is 17.8 Å². The summed E-state index contributed by atoms with van der Waals surface area (Å²) < 4.78 is 0. The fraction of sp³-hybridized carbons (Fsp3) is 0.444. The topological polar surface area (TPSA) is 77.8 Å². The van der Waals surface area contributed by atoms with Crippen molar-refractivity contribution in [2.24, 2.45) is 0 Å². The van der Waals surface area contributed by atoms with Gasteiger partial charge in [-0.2, -0.15) is 0 Å². The number of allylic oxidation sites excluding steroid dienone is 1. The maximum atomic E-state index is 11.2. The molecule has 0 saturated heterocycles. The third kappa shape index (κ3) is 1.79. The highest BCUT2D eigenvalue weighted by molar-refractivity contribution is 5.98. The van der Waals surface area contributed by atoms with Crippen molar-refractivity contribution < 1.29 is 20.1 Å². The molecule has 0 fully saturated rings. The van der Waals surface area contributed by atoms with Crippen LogP contribution in [0.2, 0.25) is 0 Å². The molecule has 0 heterocycles. The summed E-state index contributed by atoms with van der Waals surface area (Å²) in [4.78, 5) is 11.2. The van der Waals surface area contributed by atoms with E-state index < -0.39 is 11.5 Å². The lowest BCUT2D eigenvalue weighted by Crippen LogP contribution is -2.37. The van der Waals surface area contributed by atoms with Crippen molar-refractivity contribution in [2.45, 2.75) is 25.0 Å². The zero-order valence-electron chi connectivity index (χ0n) is 7.16. The van der Waals surface area contributed by atoms with Crippen LogP contribution in [0.1, 0.15) is 19.3 Å². The van der Waals surface area contributed by atoms with Crippen LogP contribution in [-0.2, 0) is 4.79 Å². The lowest BCUT2D eigenvalue weighted by molar-refractivity contribution is -0.138. The van der Waals surface area contributed by atoms with Crippen LogP contribution in [0.4, 0.5) is 0 Å². The second-order valence-electron chi connectivity index (χ2n) is 3.05. The number of Topliss-reactive ketones (excluding diaryl/α,β-unsaturated/α-hetero) is 1. The van der Waals surface area contributed by atoms with Crippen LogP contribution in [0.15, 0.2) is 24.0 Å². The van der Waals surface area contributed by atoms with E-state index in [1.54, 1.807) is 0 Å². The summed E-state index contributed by atoms with van der Waals surface area (Å²) in [5.74, 6) is -3.77. The van der Waals surface area contributed by atoms with E-state index in [2.05, 4.69) is 6.58 Å². The summed E-state index contributed by atoms with van der Waals surface area (Å²) in [7, 11) is 0. The molecule has 0 amide bonds. The Labute approximate surface area is 75.8 Å². The monoisotopic (exact) mass is 184 g/mol. The summed E-state index contributed by atoms with van der Waals surface area (Å²) in [6.45, 7) is 3.00. The highest BCUT2D eigenvalue weighted by Crippen LogP contribution is 2.26. The average molecular weight is 184 g/mol. The first-order chi connectivity index (χ1) is 5.96. The molecule has 3 N–H and O–H groups in total. The normalized spacial score (nSPS) is 18.3. The van der Waals surface area contributed by atoms with Crippen LogP contribution >= 0.6 is 0 Å². The number of aliphatic hydroxyl groups excluding tert-OH is 1. The molecular weight excluding hydrogens is 172 g/mol. The van der Waals surface area contributed by atoms with E-state index in [4.69, 9.17) is 5.11 Å². The number of rotatable bonds is 2. The van der Waals surface area contributed by atoms with Crippen molar-refractivity contribution in [3.63, 3.8) is 0 Å². The van der Waals surface area contributed by atoms with Crippen LogP contribution < -0.4 is 0 Å². The third-order valence-electron chi connectivity index (χ3n) is 2.03. The van der Waals surface area contributed by atoms with Gasteiger partial charge in [0, 0.05) is 6.42 Å². The molecule has 0 unspecified atom stereocenters. The molecule has 0 radical (unpaired) electrons. The van der Waals surface area contributed by atoms with Gasteiger partial charge in [0.15, 0.2) is 5.78 Å². The first-order valence-electron chi connectivity index (χ1n) is 4.03. The molecule has 0 spiro atoms. The molecule has 72 valence electrons. The Balaban J connectivity index is 2.98. The minimum atomic E-state index is -2.59. The molecular formula is C9H12O4. The average Bonchev–Trinajstić information content (AvgIpc) is 2.04. The predicted octanol–water partition coefficient (Wildman–Crippen LogP) is 0.418. The highest BCUT2D eigenvalue weighted by atomic mass is 16.5. The Morgan fingerprint density at radius 1 is 1.54 bits per heavy atom. The molecule has 0 bridgehead atoms. The first-order valence-corrected chi connectivity index (χ1v) is 4.03. The van der Waals surface area contributed by atoms with Crippen molar-refractivity contribution in [2.75, 3.05) is 0 Å². The molecule has 0 saturated carbocycles. The van der Waals surface area contributed by atoms with Crippen LogP contribution in [-0.4, -0.2) is 26.9 Å². The Kier molecular flexibility index (Phi) is 2.54. The fourth-order valence-electron chi connectivity index (χ4n) is 1.25. The van der Waals surface area contributed by atoms with Gasteiger partial charge in [0.25, 0.3) is 5.79 Å². The maximum Gasteiger partial charge on any atom is 0.252 e. The highest BCUT2D eigenvalue weighted by Gasteiger charge is 2.37. The summed E-state index contributed by atoms with van der Waals surface area (Å²) in [6, 6.07) is 0. The molecule has 1 rings (SSSR count). The van der Waals surface area contributed by atoms with E-state index in [1.165, 1.54) is 6.08 Å². The minimum absolute atomic E-state index is 0.175. The van der Waals surface area contributed by atoms with Gasteiger partial charge in [0.2, 0.25) is 0 Å². The van der Waals surface area contributed by atoms with Crippen LogP contribution in [0.5, 0.6) is 0 Å². The van der Waals surface area contributed by atoms with Gasteiger partial charge in [-0.3, -0.25) is 4.79 Å². The van der Waals surface area contributed by atoms with Crippen molar-refractivity contribution in [3.8, 4) is 0 Å². The van der Waals surface area contributed by atoms with Gasteiger partial charge in [-0.1, -0.05) is 12.7 Å². The number of aliphatic hydroxyl groups is 3. The number of carbonyl (C=O) groups excluding carboxylic acids is 1. The van der Waals surface area contributed by atoms with E-state index in [0.717, 1.165) is 0 Å². The smallest absolute Gasteiger partial charge is 0.252 e. The zero-order chi connectivity index (χ0) is 10.1. The van der Waals surface area contributed by atoms with Gasteiger partial charge in [0.1, 0.15) is 5.76 Å².